The Morgan fingerprint density at radius 2 is 2.25 bits per heavy atom. The van der Waals surface area contributed by atoms with E-state index in [0.29, 0.717) is 4.09 Å². The second kappa shape index (κ2) is 2.76. The number of aromatic carboxylic acids is 1. The van der Waals surface area contributed by atoms with E-state index in [1.807, 2.05) is 0 Å². The van der Waals surface area contributed by atoms with Gasteiger partial charge in [0.15, 0.2) is 5.69 Å². The number of hydrogen-bond donors (Lipinski definition) is 1. The minimum atomic E-state index is -4.00. The van der Waals surface area contributed by atoms with Crippen molar-refractivity contribution in [2.45, 2.75) is 0 Å². The van der Waals surface area contributed by atoms with Gasteiger partial charge in [-0.1, -0.05) is 0 Å². The van der Waals surface area contributed by atoms with Crippen LogP contribution >= 0.6 is 10.7 Å². The van der Waals surface area contributed by atoms with Crippen LogP contribution in [0.4, 0.5) is 0 Å². The fourth-order valence-electron chi connectivity index (χ4n) is 0.543. The lowest BCUT2D eigenvalue weighted by atomic mass is 10.5. The van der Waals surface area contributed by atoms with Gasteiger partial charge in [-0.3, -0.25) is 0 Å². The largest absolute Gasteiger partial charge is 0.476 e. The van der Waals surface area contributed by atoms with E-state index in [9.17, 15) is 13.2 Å². The van der Waals surface area contributed by atoms with Crippen molar-refractivity contribution in [2.24, 2.45) is 0 Å². The first kappa shape index (κ1) is 9.01. The lowest BCUT2D eigenvalue weighted by Gasteiger charge is -1.90. The maximum atomic E-state index is 10.5. The Balaban J connectivity index is 3.17. The van der Waals surface area contributed by atoms with Gasteiger partial charge < -0.3 is 5.11 Å². The summed E-state index contributed by atoms with van der Waals surface area (Å²) in [5, 5.41) is 11.5. The van der Waals surface area contributed by atoms with Crippen molar-refractivity contribution in [1.29, 1.82) is 0 Å². The third-order valence-corrected chi connectivity index (χ3v) is 2.08. The third-order valence-electron chi connectivity index (χ3n) is 1.01. The molecule has 1 aromatic heterocycles. The minimum Gasteiger partial charge on any atom is -0.476 e. The summed E-state index contributed by atoms with van der Waals surface area (Å²) in [5.41, 5.74) is -0.376. The van der Waals surface area contributed by atoms with Gasteiger partial charge in [-0.25, -0.2) is 4.79 Å². The Bertz CT molecular complexity index is 408. The van der Waals surface area contributed by atoms with Crippen LogP contribution in [0.1, 0.15) is 10.5 Å². The summed E-state index contributed by atoms with van der Waals surface area (Å²) in [7, 11) is 0.855. The van der Waals surface area contributed by atoms with Gasteiger partial charge in [0.05, 0.1) is 0 Å². The number of hydrogen-bond acceptors (Lipinski definition) is 4. The highest BCUT2D eigenvalue weighted by Gasteiger charge is 2.13. The van der Waals surface area contributed by atoms with Crippen molar-refractivity contribution in [2.75, 3.05) is 0 Å². The quantitative estimate of drug-likeness (QED) is 0.690. The molecule has 0 radical (unpaired) electrons. The van der Waals surface area contributed by atoms with Crippen LogP contribution in [0.2, 0.25) is 0 Å². The SMILES string of the molecule is O=C(O)c1ccn(S(=O)(=O)Cl)n1. The minimum absolute atomic E-state index is 0.373. The highest BCUT2D eigenvalue weighted by Crippen LogP contribution is 2.03. The van der Waals surface area contributed by atoms with E-state index < -0.39 is 15.2 Å². The molecule has 66 valence electrons. The summed E-state index contributed by atoms with van der Waals surface area (Å²) in [6.07, 6.45) is 0.950. The van der Waals surface area contributed by atoms with Crippen LogP contribution in [0.25, 0.3) is 0 Å². The van der Waals surface area contributed by atoms with E-state index in [2.05, 4.69) is 5.10 Å². The van der Waals surface area contributed by atoms with Crippen LogP contribution in [0.3, 0.4) is 0 Å². The molecule has 0 saturated heterocycles. The van der Waals surface area contributed by atoms with E-state index in [-0.39, 0.29) is 5.69 Å². The summed E-state index contributed by atoms with van der Waals surface area (Å²) in [6, 6.07) is 1.03. The predicted molar refractivity (Wildman–Crippen MR) is 39.4 cm³/mol. The first-order valence-corrected chi connectivity index (χ1v) is 4.92. The molecule has 1 heterocycles. The summed E-state index contributed by atoms with van der Waals surface area (Å²) in [5.74, 6) is -1.31. The van der Waals surface area contributed by atoms with Gasteiger partial charge in [0.2, 0.25) is 0 Å². The topological polar surface area (TPSA) is 89.3 Å². The van der Waals surface area contributed by atoms with E-state index in [1.54, 1.807) is 0 Å². The number of halogens is 1. The van der Waals surface area contributed by atoms with E-state index in [4.69, 9.17) is 15.8 Å². The van der Waals surface area contributed by atoms with Crippen LogP contribution < -0.4 is 0 Å². The zero-order valence-electron chi connectivity index (χ0n) is 5.51. The molecule has 0 aliphatic carbocycles. The summed E-state index contributed by atoms with van der Waals surface area (Å²) >= 11 is 0. The molecular formula is C4H3ClN2O4S. The van der Waals surface area contributed by atoms with Crippen molar-refractivity contribution in [3.05, 3.63) is 18.0 Å². The van der Waals surface area contributed by atoms with Gasteiger partial charge in [0, 0.05) is 16.9 Å². The summed E-state index contributed by atoms with van der Waals surface area (Å²) < 4.78 is 21.5. The third kappa shape index (κ3) is 1.74. The lowest BCUT2D eigenvalue weighted by molar-refractivity contribution is 0.0690. The van der Waals surface area contributed by atoms with Crippen molar-refractivity contribution >= 4 is 25.9 Å². The first-order valence-electron chi connectivity index (χ1n) is 2.65. The number of carbonyl (C=O) groups is 1. The normalized spacial score (nSPS) is 11.4. The maximum absolute atomic E-state index is 10.5. The highest BCUT2D eigenvalue weighted by molar-refractivity contribution is 8.12. The number of carboxylic acid groups (broad SMARTS) is 1. The average molecular weight is 211 g/mol. The fourth-order valence-corrected chi connectivity index (χ4v) is 1.17. The van der Waals surface area contributed by atoms with E-state index >= 15 is 0 Å². The smallest absolute Gasteiger partial charge is 0.356 e. The second-order valence-corrected chi connectivity index (χ2v) is 4.19. The molecule has 0 aliphatic rings. The molecule has 0 bridgehead atoms. The second-order valence-electron chi connectivity index (χ2n) is 1.82. The van der Waals surface area contributed by atoms with E-state index in [0.717, 1.165) is 12.3 Å². The van der Waals surface area contributed by atoms with Crippen molar-refractivity contribution in [3.8, 4) is 0 Å². The van der Waals surface area contributed by atoms with Crippen LogP contribution in [-0.4, -0.2) is 28.7 Å². The molecule has 0 aromatic carbocycles. The van der Waals surface area contributed by atoms with Gasteiger partial charge in [-0.05, 0) is 6.07 Å². The average Bonchev–Trinajstić information content (AvgIpc) is 2.30. The molecule has 1 aromatic rings. The van der Waals surface area contributed by atoms with Gasteiger partial charge in [0.1, 0.15) is 0 Å². The van der Waals surface area contributed by atoms with Gasteiger partial charge in [0.25, 0.3) is 0 Å². The standard InChI is InChI=1S/C4H3ClN2O4S/c5-12(10,11)7-2-1-3(6-7)4(8)9/h1-2H,(H,8,9). The molecule has 0 spiro atoms. The molecule has 0 saturated carbocycles. The zero-order chi connectivity index (χ0) is 9.35. The van der Waals surface area contributed by atoms with E-state index in [1.165, 1.54) is 0 Å². The van der Waals surface area contributed by atoms with Crippen LogP contribution in [0, 0.1) is 0 Å². The summed E-state index contributed by atoms with van der Waals surface area (Å²) in [6.45, 7) is 0. The molecule has 12 heavy (non-hydrogen) atoms. The number of rotatable bonds is 2. The van der Waals surface area contributed by atoms with Crippen LogP contribution in [0.15, 0.2) is 12.3 Å². The predicted octanol–water partition coefficient (Wildman–Crippen LogP) is -0.0870. The maximum Gasteiger partial charge on any atom is 0.356 e. The van der Waals surface area contributed by atoms with Gasteiger partial charge in [-0.15, -0.1) is 5.10 Å². The van der Waals surface area contributed by atoms with Crippen molar-refractivity contribution < 1.29 is 18.3 Å². The monoisotopic (exact) mass is 210 g/mol. The van der Waals surface area contributed by atoms with Crippen LogP contribution in [0.5, 0.6) is 0 Å². The lowest BCUT2D eigenvalue weighted by Crippen LogP contribution is -2.07. The molecule has 0 fully saturated rings. The molecule has 1 N–H and O–H groups in total. The molecule has 0 amide bonds. The van der Waals surface area contributed by atoms with Gasteiger partial charge >= 0.3 is 15.2 Å². The van der Waals surface area contributed by atoms with Crippen molar-refractivity contribution in [3.63, 3.8) is 0 Å². The Morgan fingerprint density at radius 3 is 2.50 bits per heavy atom. The van der Waals surface area contributed by atoms with Crippen molar-refractivity contribution in [1.82, 2.24) is 9.19 Å². The first-order chi connectivity index (χ1) is 5.41. The molecule has 1 rings (SSSR count). The molecule has 6 nitrogen and oxygen atoms in total. The van der Waals surface area contributed by atoms with Crippen LogP contribution in [-0.2, 0) is 9.24 Å². The Morgan fingerprint density at radius 1 is 1.67 bits per heavy atom. The fraction of sp³-hybridized carbons (Fsp3) is 0. The molecule has 0 atom stereocenters. The Labute approximate surface area is 71.9 Å². The Kier molecular flexibility index (Phi) is 2.07. The molecule has 0 aliphatic heterocycles. The highest BCUT2D eigenvalue weighted by atomic mass is 35.7. The van der Waals surface area contributed by atoms with Gasteiger partial charge in [-0.2, -0.15) is 12.5 Å². The molecule has 0 unspecified atom stereocenters. The number of aromatic nitrogens is 2. The molecular weight excluding hydrogens is 208 g/mol. The molecule has 8 heteroatoms. The Hall–Kier alpha value is -1.08. The zero-order valence-corrected chi connectivity index (χ0v) is 7.08. The summed E-state index contributed by atoms with van der Waals surface area (Å²) in [4.78, 5) is 10.2. The number of carboxylic acids is 1. The number of nitrogens with zero attached hydrogens (tertiary/aromatic N) is 2.